The molecule has 0 spiro atoms. The molecule has 170 valence electrons. The van der Waals surface area contributed by atoms with Crippen LogP contribution in [-0.4, -0.2) is 62.0 Å². The number of aromatic amines is 2. The fraction of sp³-hybridized carbons (Fsp3) is 0.111. The van der Waals surface area contributed by atoms with Gasteiger partial charge in [-0.3, -0.25) is 0 Å². The number of halogens is 3. The second-order valence-corrected chi connectivity index (χ2v) is 6.25. The van der Waals surface area contributed by atoms with Crippen LogP contribution in [0, 0.1) is 6.92 Å². The van der Waals surface area contributed by atoms with Crippen LogP contribution in [0.1, 0.15) is 32.4 Å². The van der Waals surface area contributed by atoms with Gasteiger partial charge in [-0.1, -0.05) is 0 Å². The average Bonchev–Trinajstić information content (AvgIpc) is 3.44. The minimum absolute atomic E-state index is 0.0297. The van der Waals surface area contributed by atoms with Crippen LogP contribution in [0.15, 0.2) is 37.2 Å². The van der Waals surface area contributed by atoms with Crippen LogP contribution in [0.3, 0.4) is 0 Å². The molecule has 4 aromatic rings. The van der Waals surface area contributed by atoms with Crippen molar-refractivity contribution in [1.29, 1.82) is 0 Å². The lowest BCUT2D eigenvalue weighted by Crippen LogP contribution is -2.05. The van der Waals surface area contributed by atoms with Gasteiger partial charge in [0.2, 0.25) is 0 Å². The van der Waals surface area contributed by atoms with E-state index in [2.05, 4.69) is 34.9 Å². The summed E-state index contributed by atoms with van der Waals surface area (Å²) >= 11 is 0. The van der Waals surface area contributed by atoms with E-state index in [4.69, 9.17) is 10.2 Å². The van der Waals surface area contributed by atoms with Crippen molar-refractivity contribution in [1.82, 2.24) is 39.9 Å². The van der Waals surface area contributed by atoms with E-state index in [1.165, 1.54) is 12.4 Å². The number of carboxylic acid groups (broad SMARTS) is 2. The maximum atomic E-state index is 12.3. The van der Waals surface area contributed by atoms with E-state index in [9.17, 15) is 22.8 Å². The van der Waals surface area contributed by atoms with Crippen molar-refractivity contribution >= 4 is 11.9 Å². The summed E-state index contributed by atoms with van der Waals surface area (Å²) in [6.07, 6.45) is -0.144. The molecule has 0 atom stereocenters. The molecule has 0 bridgehead atoms. The van der Waals surface area contributed by atoms with E-state index in [-0.39, 0.29) is 22.9 Å². The van der Waals surface area contributed by atoms with Gasteiger partial charge in [-0.25, -0.2) is 39.5 Å². The Labute approximate surface area is 181 Å². The summed E-state index contributed by atoms with van der Waals surface area (Å²) in [4.78, 5) is 48.5. The Hall–Kier alpha value is -4.69. The molecule has 4 rings (SSSR count). The van der Waals surface area contributed by atoms with Gasteiger partial charge in [0.15, 0.2) is 23.0 Å². The van der Waals surface area contributed by atoms with Crippen LogP contribution < -0.4 is 0 Å². The van der Waals surface area contributed by atoms with E-state index < -0.39 is 23.8 Å². The highest BCUT2D eigenvalue weighted by atomic mass is 19.4. The Morgan fingerprint density at radius 1 is 0.788 bits per heavy atom. The maximum absolute atomic E-state index is 12.3. The molecule has 0 saturated heterocycles. The summed E-state index contributed by atoms with van der Waals surface area (Å²) in [5, 5.41) is 17.4. The molecular weight excluding hydrogens is 449 g/mol. The first-order valence-corrected chi connectivity index (χ1v) is 8.80. The first kappa shape index (κ1) is 23.0. The molecule has 0 saturated carbocycles. The van der Waals surface area contributed by atoms with Crippen LogP contribution in [0.2, 0.25) is 0 Å². The van der Waals surface area contributed by atoms with E-state index in [1.54, 1.807) is 6.20 Å². The Kier molecular flexibility index (Phi) is 6.41. The fourth-order valence-corrected chi connectivity index (χ4v) is 2.35. The average molecular weight is 462 g/mol. The van der Waals surface area contributed by atoms with Gasteiger partial charge in [-0.15, -0.1) is 0 Å². The zero-order valence-corrected chi connectivity index (χ0v) is 16.5. The van der Waals surface area contributed by atoms with Crippen LogP contribution >= 0.6 is 0 Å². The number of carboxylic acids is 2. The second kappa shape index (κ2) is 9.21. The predicted molar refractivity (Wildman–Crippen MR) is 103 cm³/mol. The van der Waals surface area contributed by atoms with Crippen molar-refractivity contribution in [3.63, 3.8) is 0 Å². The zero-order chi connectivity index (χ0) is 24.2. The zero-order valence-electron chi connectivity index (χ0n) is 16.5. The molecule has 12 nitrogen and oxygen atoms in total. The Bertz CT molecular complexity index is 1300. The standard InChI is InChI=1S/C9H5F3N4O2.C9H8N4O2/c10-9(11,12)6-2-13-7(16-6)4-1-5(8(17)18)15-3-14-4;1-5-3-10-8(13-5)6-2-7(9(14)15)12-4-11-6/h1-3H,(H,13,16)(H,17,18);2-4H,1H3,(H,10,13)(H,14,15). The number of hydrogen-bond acceptors (Lipinski definition) is 8. The van der Waals surface area contributed by atoms with Crippen molar-refractivity contribution < 1.29 is 33.0 Å². The van der Waals surface area contributed by atoms with Gasteiger partial charge < -0.3 is 20.2 Å². The number of hydrogen-bond donors (Lipinski definition) is 4. The van der Waals surface area contributed by atoms with Gasteiger partial charge >= 0.3 is 18.1 Å². The van der Waals surface area contributed by atoms with Crippen molar-refractivity contribution in [2.45, 2.75) is 13.1 Å². The lowest BCUT2D eigenvalue weighted by atomic mass is 10.3. The quantitative estimate of drug-likeness (QED) is 0.351. The van der Waals surface area contributed by atoms with Crippen LogP contribution in [-0.2, 0) is 6.18 Å². The number of H-pyrrole nitrogens is 2. The number of aromatic nitrogens is 8. The molecular formula is C18H13F3N8O4. The molecule has 0 radical (unpaired) electrons. The number of imidazole rings is 2. The lowest BCUT2D eigenvalue weighted by molar-refractivity contribution is -0.140. The van der Waals surface area contributed by atoms with Crippen LogP contribution in [0.4, 0.5) is 13.2 Å². The highest BCUT2D eigenvalue weighted by Gasteiger charge is 2.33. The molecule has 4 N–H and O–H groups in total. The van der Waals surface area contributed by atoms with Gasteiger partial charge in [0.1, 0.15) is 29.7 Å². The molecule has 0 amide bonds. The Morgan fingerprint density at radius 3 is 1.67 bits per heavy atom. The molecule has 0 fully saturated rings. The van der Waals surface area contributed by atoms with Crippen molar-refractivity contribution in [2.75, 3.05) is 0 Å². The third-order valence-electron chi connectivity index (χ3n) is 3.84. The normalized spacial score (nSPS) is 10.9. The third kappa shape index (κ3) is 5.72. The van der Waals surface area contributed by atoms with Gasteiger partial charge in [-0.05, 0) is 6.92 Å². The van der Waals surface area contributed by atoms with Crippen molar-refractivity contribution in [2.24, 2.45) is 0 Å². The lowest BCUT2D eigenvalue weighted by Gasteiger charge is -2.01. The highest BCUT2D eigenvalue weighted by molar-refractivity contribution is 5.86. The van der Waals surface area contributed by atoms with E-state index in [0.29, 0.717) is 17.7 Å². The summed E-state index contributed by atoms with van der Waals surface area (Å²) in [5.74, 6) is -2.02. The Morgan fingerprint density at radius 2 is 1.27 bits per heavy atom. The van der Waals surface area contributed by atoms with Crippen molar-refractivity contribution in [3.8, 4) is 23.0 Å². The number of carbonyl (C=O) groups is 2. The van der Waals surface area contributed by atoms with Crippen LogP contribution in [0.5, 0.6) is 0 Å². The molecule has 0 aliphatic heterocycles. The summed E-state index contributed by atoms with van der Waals surface area (Å²) in [5.41, 5.74) is -0.0825. The highest BCUT2D eigenvalue weighted by Crippen LogP contribution is 2.28. The fourth-order valence-electron chi connectivity index (χ4n) is 2.35. The SMILES string of the molecule is Cc1cnc(-c2cc(C(=O)O)ncn2)[nH]1.O=C(O)c1cc(-c2ncc(C(F)(F)F)[nH]2)ncn1. The minimum atomic E-state index is -4.55. The topological polar surface area (TPSA) is 184 Å². The van der Waals surface area contributed by atoms with Crippen LogP contribution in [0.25, 0.3) is 23.0 Å². The number of nitrogens with zero attached hydrogens (tertiary/aromatic N) is 6. The predicted octanol–water partition coefficient (Wildman–Crippen LogP) is 2.46. The number of rotatable bonds is 4. The smallest absolute Gasteiger partial charge is 0.432 e. The van der Waals surface area contributed by atoms with Gasteiger partial charge in [-0.2, -0.15) is 13.2 Å². The second-order valence-electron chi connectivity index (χ2n) is 6.25. The van der Waals surface area contributed by atoms with Gasteiger partial charge in [0.25, 0.3) is 0 Å². The van der Waals surface area contributed by atoms with E-state index in [0.717, 1.165) is 18.1 Å². The van der Waals surface area contributed by atoms with E-state index in [1.807, 2.05) is 11.9 Å². The largest absolute Gasteiger partial charge is 0.477 e. The summed E-state index contributed by atoms with van der Waals surface area (Å²) in [6, 6.07) is 2.40. The summed E-state index contributed by atoms with van der Waals surface area (Å²) in [6.45, 7) is 1.86. The summed E-state index contributed by atoms with van der Waals surface area (Å²) in [7, 11) is 0. The first-order chi connectivity index (χ1) is 15.5. The first-order valence-electron chi connectivity index (χ1n) is 8.80. The Balaban J connectivity index is 0.000000189. The monoisotopic (exact) mass is 462 g/mol. The molecule has 0 unspecified atom stereocenters. The molecule has 4 aromatic heterocycles. The molecule has 33 heavy (non-hydrogen) atoms. The van der Waals surface area contributed by atoms with E-state index >= 15 is 0 Å². The van der Waals surface area contributed by atoms with Crippen molar-refractivity contribution in [3.05, 3.63) is 60.0 Å². The third-order valence-corrected chi connectivity index (χ3v) is 3.84. The summed E-state index contributed by atoms with van der Waals surface area (Å²) < 4.78 is 37.0. The maximum Gasteiger partial charge on any atom is 0.432 e. The molecule has 4 heterocycles. The number of aryl methyl sites for hydroxylation is 1. The number of alkyl halides is 3. The van der Waals surface area contributed by atoms with Gasteiger partial charge in [0, 0.05) is 24.0 Å². The molecule has 15 heteroatoms. The number of nitrogens with one attached hydrogen (secondary N) is 2. The molecule has 0 aliphatic rings. The number of aromatic carboxylic acids is 2. The molecule has 0 aliphatic carbocycles. The van der Waals surface area contributed by atoms with Gasteiger partial charge in [0.05, 0.1) is 6.20 Å². The molecule has 0 aromatic carbocycles. The minimum Gasteiger partial charge on any atom is -0.477 e.